The van der Waals surface area contributed by atoms with Gasteiger partial charge in [0.2, 0.25) is 0 Å². The Bertz CT molecular complexity index is 644. The molecule has 2 atom stereocenters. The molecule has 0 aliphatic carbocycles. The Hall–Kier alpha value is -1.79. The van der Waals surface area contributed by atoms with Crippen LogP contribution in [0.1, 0.15) is 11.8 Å². The fraction of sp³-hybridized carbons (Fsp3) is 0.286. The van der Waals surface area contributed by atoms with Crippen LogP contribution in [-0.4, -0.2) is 20.7 Å². The van der Waals surface area contributed by atoms with Gasteiger partial charge in [0.15, 0.2) is 0 Å². The molecule has 0 saturated carbocycles. The molecular formula is C14H14N3O2S. The maximum Gasteiger partial charge on any atom is 0.351 e. The van der Waals surface area contributed by atoms with Gasteiger partial charge in [0.25, 0.3) is 0 Å². The molecule has 0 spiro atoms. The number of ether oxygens (including phenoxy) is 1. The Morgan fingerprint density at radius 3 is 3.15 bits per heavy atom. The highest BCUT2D eigenvalue weighted by Crippen LogP contribution is 2.32. The first-order chi connectivity index (χ1) is 9.72. The molecule has 1 radical (unpaired) electrons. The van der Waals surface area contributed by atoms with Gasteiger partial charge < -0.3 is 10.5 Å². The highest BCUT2D eigenvalue weighted by molar-refractivity contribution is 7.99. The summed E-state index contributed by atoms with van der Waals surface area (Å²) in [5.41, 5.74) is 6.24. The molecule has 1 saturated heterocycles. The van der Waals surface area contributed by atoms with E-state index < -0.39 is 0 Å². The molecule has 1 aromatic heterocycles. The van der Waals surface area contributed by atoms with Gasteiger partial charge in [0, 0.05) is 18.4 Å². The third-order valence-electron chi connectivity index (χ3n) is 3.06. The minimum atomic E-state index is -0.373. The van der Waals surface area contributed by atoms with Gasteiger partial charge in [-0.05, 0) is 17.7 Å². The number of aromatic nitrogens is 2. The van der Waals surface area contributed by atoms with Crippen LogP contribution < -0.4 is 11.4 Å². The van der Waals surface area contributed by atoms with Crippen LogP contribution in [0.4, 0.5) is 5.82 Å². The number of nitrogen functional groups attached to an aromatic ring is 1. The summed E-state index contributed by atoms with van der Waals surface area (Å²) in [5.74, 6) is 0.954. The van der Waals surface area contributed by atoms with Gasteiger partial charge in [-0.25, -0.2) is 4.79 Å². The maximum atomic E-state index is 11.8. The van der Waals surface area contributed by atoms with Crippen molar-refractivity contribution in [1.82, 2.24) is 9.55 Å². The highest BCUT2D eigenvalue weighted by Gasteiger charge is 2.28. The minimum Gasteiger partial charge on any atom is -0.383 e. The molecule has 6 heteroatoms. The Morgan fingerprint density at radius 1 is 1.50 bits per heavy atom. The summed E-state index contributed by atoms with van der Waals surface area (Å²) in [6.07, 6.45) is 2.13. The van der Waals surface area contributed by atoms with E-state index in [0.29, 0.717) is 0 Å². The van der Waals surface area contributed by atoms with E-state index in [9.17, 15) is 4.79 Å². The van der Waals surface area contributed by atoms with Crippen LogP contribution >= 0.6 is 11.8 Å². The Balaban J connectivity index is 1.69. The smallest absolute Gasteiger partial charge is 0.351 e. The number of benzene rings is 1. The van der Waals surface area contributed by atoms with Crippen LogP contribution in [0.25, 0.3) is 0 Å². The Morgan fingerprint density at radius 2 is 2.40 bits per heavy atom. The molecule has 0 bridgehead atoms. The van der Waals surface area contributed by atoms with Crippen molar-refractivity contribution in [1.29, 1.82) is 0 Å². The lowest BCUT2D eigenvalue weighted by molar-refractivity contribution is 0.0164. The van der Waals surface area contributed by atoms with Crippen molar-refractivity contribution in [2.75, 3.05) is 11.5 Å². The zero-order chi connectivity index (χ0) is 13.9. The van der Waals surface area contributed by atoms with Gasteiger partial charge in [0.05, 0.1) is 0 Å². The van der Waals surface area contributed by atoms with E-state index in [1.165, 1.54) is 4.57 Å². The van der Waals surface area contributed by atoms with Gasteiger partial charge in [-0.15, -0.1) is 11.8 Å². The van der Waals surface area contributed by atoms with Gasteiger partial charge in [-0.3, -0.25) is 4.57 Å². The average molecular weight is 288 g/mol. The fourth-order valence-electron chi connectivity index (χ4n) is 2.08. The second kappa shape index (κ2) is 5.68. The summed E-state index contributed by atoms with van der Waals surface area (Å²) in [4.78, 5) is 15.5. The van der Waals surface area contributed by atoms with Crippen molar-refractivity contribution in [3.8, 4) is 0 Å². The number of hydrogen-bond acceptors (Lipinski definition) is 5. The van der Waals surface area contributed by atoms with Gasteiger partial charge in [-0.1, -0.05) is 24.3 Å². The summed E-state index contributed by atoms with van der Waals surface area (Å²) < 4.78 is 7.38. The molecule has 2 N–H and O–H groups in total. The monoisotopic (exact) mass is 288 g/mol. The zero-order valence-electron chi connectivity index (χ0n) is 10.7. The number of hydrogen-bond donors (Lipinski definition) is 1. The zero-order valence-corrected chi connectivity index (χ0v) is 11.5. The fourth-order valence-corrected chi connectivity index (χ4v) is 3.20. The molecule has 0 amide bonds. The van der Waals surface area contributed by atoms with E-state index in [1.807, 2.05) is 24.3 Å². The molecule has 1 aliphatic rings. The van der Waals surface area contributed by atoms with E-state index >= 15 is 0 Å². The number of anilines is 1. The quantitative estimate of drug-likeness (QED) is 0.926. The molecule has 1 fully saturated rings. The molecule has 1 aromatic carbocycles. The SMILES string of the molecule is Nc1ccn([C@@H]2CS[C@H](Cc3[c]cccc3)O2)c(=O)n1. The molecule has 0 unspecified atom stereocenters. The molecule has 3 rings (SSSR count). The van der Waals surface area contributed by atoms with E-state index in [1.54, 1.807) is 24.0 Å². The van der Waals surface area contributed by atoms with Crippen LogP contribution in [0.5, 0.6) is 0 Å². The Labute approximate surface area is 120 Å². The van der Waals surface area contributed by atoms with Crippen LogP contribution in [0, 0.1) is 6.07 Å². The standard InChI is InChI=1S/C14H14N3O2S/c15-11-6-7-17(14(18)16-11)12-9-20-13(19-12)8-10-4-2-1-3-5-10/h1-4,6-7,12-13H,8-9H2,(H2,15,16,18)/t12-,13+/m0/s1. The molecule has 1 aliphatic heterocycles. The average Bonchev–Trinajstić information content (AvgIpc) is 2.88. The molecule has 5 nitrogen and oxygen atoms in total. The van der Waals surface area contributed by atoms with Crippen molar-refractivity contribution in [2.24, 2.45) is 0 Å². The van der Waals surface area contributed by atoms with Crippen LogP contribution in [0.2, 0.25) is 0 Å². The number of nitrogens with zero attached hydrogens (tertiary/aromatic N) is 2. The molecule has 103 valence electrons. The molecular weight excluding hydrogens is 274 g/mol. The first-order valence-electron chi connectivity index (χ1n) is 6.30. The van der Waals surface area contributed by atoms with Crippen molar-refractivity contribution < 1.29 is 4.74 Å². The number of rotatable bonds is 3. The van der Waals surface area contributed by atoms with Crippen LogP contribution in [0.15, 0.2) is 41.3 Å². The summed E-state index contributed by atoms with van der Waals surface area (Å²) in [5, 5.41) is 0. The van der Waals surface area contributed by atoms with Crippen molar-refractivity contribution in [3.05, 3.63) is 58.6 Å². The lowest BCUT2D eigenvalue weighted by atomic mass is 10.2. The topological polar surface area (TPSA) is 70.1 Å². The second-order valence-electron chi connectivity index (χ2n) is 4.49. The first-order valence-corrected chi connectivity index (χ1v) is 7.34. The normalized spacial score (nSPS) is 22.0. The first kappa shape index (κ1) is 13.2. The lowest BCUT2D eigenvalue weighted by Crippen LogP contribution is -2.28. The number of nitrogens with two attached hydrogens (primary N) is 1. The van der Waals surface area contributed by atoms with Crippen LogP contribution in [-0.2, 0) is 11.2 Å². The maximum absolute atomic E-state index is 11.8. The van der Waals surface area contributed by atoms with Crippen molar-refractivity contribution >= 4 is 17.6 Å². The van der Waals surface area contributed by atoms with E-state index in [4.69, 9.17) is 10.5 Å². The third-order valence-corrected chi connectivity index (χ3v) is 4.18. The molecule has 2 aromatic rings. The van der Waals surface area contributed by atoms with Crippen molar-refractivity contribution in [3.63, 3.8) is 0 Å². The largest absolute Gasteiger partial charge is 0.383 e. The number of thioether (sulfide) groups is 1. The highest BCUT2D eigenvalue weighted by atomic mass is 32.2. The van der Waals surface area contributed by atoms with E-state index in [0.717, 1.165) is 17.7 Å². The van der Waals surface area contributed by atoms with Gasteiger partial charge >= 0.3 is 5.69 Å². The summed E-state index contributed by atoms with van der Waals surface area (Å²) >= 11 is 1.69. The minimum absolute atomic E-state index is 0.0307. The molecule has 20 heavy (non-hydrogen) atoms. The van der Waals surface area contributed by atoms with Crippen molar-refractivity contribution in [2.45, 2.75) is 18.1 Å². The van der Waals surface area contributed by atoms with E-state index in [-0.39, 0.29) is 23.2 Å². The van der Waals surface area contributed by atoms with Gasteiger partial charge in [-0.2, -0.15) is 4.98 Å². The summed E-state index contributed by atoms with van der Waals surface area (Å²) in [6, 6.07) is 12.6. The summed E-state index contributed by atoms with van der Waals surface area (Å²) in [6.45, 7) is 0. The van der Waals surface area contributed by atoms with Gasteiger partial charge in [0.1, 0.15) is 17.5 Å². The van der Waals surface area contributed by atoms with E-state index in [2.05, 4.69) is 11.1 Å². The second-order valence-corrected chi connectivity index (χ2v) is 5.68. The predicted octanol–water partition coefficient (Wildman–Crippen LogP) is 1.46. The molecule has 2 heterocycles. The Kier molecular flexibility index (Phi) is 3.75. The summed E-state index contributed by atoms with van der Waals surface area (Å²) in [7, 11) is 0. The lowest BCUT2D eigenvalue weighted by Gasteiger charge is -2.14. The predicted molar refractivity (Wildman–Crippen MR) is 78.3 cm³/mol. The third kappa shape index (κ3) is 2.86. The van der Waals surface area contributed by atoms with Crippen LogP contribution in [0.3, 0.4) is 0 Å².